The van der Waals surface area contributed by atoms with Crippen molar-refractivity contribution in [1.29, 1.82) is 0 Å². The summed E-state index contributed by atoms with van der Waals surface area (Å²) in [6, 6.07) is 0. The van der Waals surface area contributed by atoms with E-state index in [9.17, 15) is 19.5 Å². The summed E-state index contributed by atoms with van der Waals surface area (Å²) in [4.78, 5) is 36.8. The fraction of sp³-hybridized carbons (Fsp3) is 0.700. The number of hydrogen-bond donors (Lipinski definition) is 3. The molecule has 0 bridgehead atoms. The minimum absolute atomic E-state index is 0.714. The van der Waals surface area contributed by atoms with Crippen molar-refractivity contribution < 1.29 is 34.7 Å². The summed E-state index contributed by atoms with van der Waals surface area (Å²) in [6.07, 6.45) is -1.53. The Hall–Kier alpha value is -1.31. The number of carbonyl (C=O) groups excluding carboxylic acids is 2. The molecule has 0 fully saturated rings. The van der Waals surface area contributed by atoms with E-state index in [1.807, 2.05) is 0 Å². The van der Waals surface area contributed by atoms with Crippen molar-refractivity contribution in [1.82, 2.24) is 0 Å². The van der Waals surface area contributed by atoms with E-state index in [4.69, 9.17) is 10.4 Å². The predicted molar refractivity (Wildman–Crippen MR) is 55.3 cm³/mol. The predicted octanol–water partition coefficient (Wildman–Crippen LogP) is 0.00860. The highest BCUT2D eigenvalue weighted by Gasteiger charge is 2.49. The molecule has 0 aromatic rings. The maximum atomic E-state index is 11.3. The van der Waals surface area contributed by atoms with Gasteiger partial charge in [-0.15, -0.1) is 0 Å². The molecule has 17 heavy (non-hydrogen) atoms. The van der Waals surface area contributed by atoms with Crippen molar-refractivity contribution in [3.05, 3.63) is 0 Å². The van der Waals surface area contributed by atoms with Crippen LogP contribution >= 0.6 is 0 Å². The van der Waals surface area contributed by atoms with Crippen molar-refractivity contribution >= 4 is 17.5 Å². The lowest BCUT2D eigenvalue weighted by Gasteiger charge is -2.38. The summed E-state index contributed by atoms with van der Waals surface area (Å²) < 4.78 is 0. The Labute approximate surface area is 97.9 Å². The molecule has 0 spiro atoms. The highest BCUT2D eigenvalue weighted by Crippen LogP contribution is 2.33. The normalized spacial score (nSPS) is 15.1. The third kappa shape index (κ3) is 3.88. The number of ketones is 2. The summed E-state index contributed by atoms with van der Waals surface area (Å²) in [6.45, 7) is 3.37. The minimum atomic E-state index is -2.05. The summed E-state index contributed by atoms with van der Waals surface area (Å²) in [5.74, 6) is -3.11. The van der Waals surface area contributed by atoms with E-state index in [1.165, 1.54) is 13.8 Å². The molecule has 0 heterocycles. The molecule has 7 nitrogen and oxygen atoms in total. The summed E-state index contributed by atoms with van der Waals surface area (Å²) in [5.41, 5.74) is -3.87. The van der Waals surface area contributed by atoms with E-state index in [1.54, 1.807) is 0 Å². The Morgan fingerprint density at radius 1 is 1.18 bits per heavy atom. The van der Waals surface area contributed by atoms with Gasteiger partial charge in [-0.05, 0) is 13.8 Å². The Bertz CT molecular complexity index is 328. The van der Waals surface area contributed by atoms with Gasteiger partial charge in [0.15, 0.2) is 5.78 Å². The van der Waals surface area contributed by atoms with Crippen LogP contribution < -0.4 is 0 Å². The fourth-order valence-corrected chi connectivity index (χ4v) is 1.30. The molecule has 7 heteroatoms. The molecule has 0 amide bonds. The molecular formula is C10H16O7. The molecule has 0 aromatic carbocycles. The molecule has 3 N–H and O–H groups in total. The topological polar surface area (TPSA) is 121 Å². The van der Waals surface area contributed by atoms with Crippen LogP contribution in [0.15, 0.2) is 0 Å². The maximum Gasteiger partial charge on any atom is 0.306 e. The van der Waals surface area contributed by atoms with Crippen LogP contribution in [0.1, 0.15) is 33.6 Å². The SMILES string of the molecule is CC(=O)C(=O)CC(CC(=O)O)(OO)C(C)(C)O. The number of rotatable bonds is 7. The lowest BCUT2D eigenvalue weighted by atomic mass is 9.78. The van der Waals surface area contributed by atoms with Gasteiger partial charge < -0.3 is 10.2 Å². The average Bonchev–Trinajstić information content (AvgIpc) is 2.13. The van der Waals surface area contributed by atoms with Gasteiger partial charge in [0.25, 0.3) is 0 Å². The lowest BCUT2D eigenvalue weighted by molar-refractivity contribution is -0.359. The molecule has 0 aromatic heterocycles. The summed E-state index contributed by atoms with van der Waals surface area (Å²) in [7, 11) is 0. The first-order valence-electron chi connectivity index (χ1n) is 4.86. The minimum Gasteiger partial charge on any atom is -0.481 e. The fourth-order valence-electron chi connectivity index (χ4n) is 1.30. The summed E-state index contributed by atoms with van der Waals surface area (Å²) in [5, 5.41) is 27.3. The van der Waals surface area contributed by atoms with Gasteiger partial charge in [-0.1, -0.05) is 0 Å². The lowest BCUT2D eigenvalue weighted by Crippen LogP contribution is -2.54. The maximum absolute atomic E-state index is 11.3. The van der Waals surface area contributed by atoms with Crippen LogP contribution in [0.2, 0.25) is 0 Å². The molecule has 0 saturated carbocycles. The molecule has 1 unspecified atom stereocenters. The van der Waals surface area contributed by atoms with E-state index < -0.39 is 41.6 Å². The standard InChI is InChI=1S/C10H16O7/c1-6(11)7(12)4-10(17-16,5-8(13)14)9(2,3)15/h15-16H,4-5H2,1-3H3,(H,13,14). The van der Waals surface area contributed by atoms with Gasteiger partial charge in [0.05, 0.1) is 12.0 Å². The average molecular weight is 248 g/mol. The zero-order valence-corrected chi connectivity index (χ0v) is 9.89. The van der Waals surface area contributed by atoms with Crippen LogP contribution in [0.4, 0.5) is 0 Å². The van der Waals surface area contributed by atoms with Crippen LogP contribution in [-0.4, -0.2) is 44.2 Å². The van der Waals surface area contributed by atoms with E-state index in [0.29, 0.717) is 0 Å². The number of carboxylic acid groups (broad SMARTS) is 1. The Kier molecular flexibility index (Phi) is 4.94. The smallest absolute Gasteiger partial charge is 0.306 e. The highest BCUT2D eigenvalue weighted by molar-refractivity contribution is 6.36. The monoisotopic (exact) mass is 248 g/mol. The molecule has 0 aliphatic heterocycles. The number of carbonyl (C=O) groups is 3. The van der Waals surface area contributed by atoms with E-state index >= 15 is 0 Å². The van der Waals surface area contributed by atoms with Crippen LogP contribution in [0.25, 0.3) is 0 Å². The van der Waals surface area contributed by atoms with Crippen molar-refractivity contribution in [2.45, 2.75) is 44.8 Å². The van der Waals surface area contributed by atoms with Crippen LogP contribution in [0, 0.1) is 0 Å². The van der Waals surface area contributed by atoms with Crippen molar-refractivity contribution in [3.63, 3.8) is 0 Å². The number of Topliss-reactive ketones (excluding diaryl/α,β-unsaturated/α-hetero) is 2. The van der Waals surface area contributed by atoms with Crippen LogP contribution in [0.3, 0.4) is 0 Å². The summed E-state index contributed by atoms with van der Waals surface area (Å²) >= 11 is 0. The first-order valence-corrected chi connectivity index (χ1v) is 4.86. The largest absolute Gasteiger partial charge is 0.481 e. The van der Waals surface area contributed by atoms with E-state index in [-0.39, 0.29) is 0 Å². The Morgan fingerprint density at radius 2 is 1.65 bits per heavy atom. The number of aliphatic carboxylic acids is 1. The van der Waals surface area contributed by atoms with Gasteiger partial charge in [0.2, 0.25) is 5.78 Å². The van der Waals surface area contributed by atoms with Gasteiger partial charge in [-0.25, -0.2) is 4.89 Å². The molecule has 0 aliphatic carbocycles. The van der Waals surface area contributed by atoms with Gasteiger partial charge >= 0.3 is 5.97 Å². The van der Waals surface area contributed by atoms with E-state index in [0.717, 1.165) is 6.92 Å². The second-order valence-electron chi connectivity index (χ2n) is 4.37. The second kappa shape index (κ2) is 5.35. The molecule has 0 radical (unpaired) electrons. The number of carboxylic acids is 1. The third-order valence-electron chi connectivity index (χ3n) is 2.57. The zero-order chi connectivity index (χ0) is 13.9. The Balaban J connectivity index is 5.28. The van der Waals surface area contributed by atoms with Crippen LogP contribution in [-0.2, 0) is 19.3 Å². The molecule has 1 atom stereocenters. The molecule has 98 valence electrons. The highest BCUT2D eigenvalue weighted by atomic mass is 17.1. The van der Waals surface area contributed by atoms with Gasteiger partial charge in [0.1, 0.15) is 5.60 Å². The van der Waals surface area contributed by atoms with Gasteiger partial charge in [-0.3, -0.25) is 19.6 Å². The van der Waals surface area contributed by atoms with Crippen molar-refractivity contribution in [2.24, 2.45) is 0 Å². The zero-order valence-electron chi connectivity index (χ0n) is 9.89. The van der Waals surface area contributed by atoms with E-state index in [2.05, 4.69) is 4.89 Å². The van der Waals surface area contributed by atoms with Gasteiger partial charge in [0, 0.05) is 13.3 Å². The number of aliphatic hydroxyl groups is 1. The van der Waals surface area contributed by atoms with Crippen molar-refractivity contribution in [2.75, 3.05) is 0 Å². The second-order valence-corrected chi connectivity index (χ2v) is 4.37. The molecule has 0 rings (SSSR count). The first kappa shape index (κ1) is 15.7. The first-order chi connectivity index (χ1) is 7.55. The Morgan fingerprint density at radius 3 is 1.88 bits per heavy atom. The van der Waals surface area contributed by atoms with Crippen molar-refractivity contribution in [3.8, 4) is 0 Å². The number of hydrogen-bond acceptors (Lipinski definition) is 6. The molecule has 0 aliphatic rings. The molecular weight excluding hydrogens is 232 g/mol. The van der Waals surface area contributed by atoms with Gasteiger partial charge in [-0.2, -0.15) is 0 Å². The quantitative estimate of drug-likeness (QED) is 0.329. The van der Waals surface area contributed by atoms with Crippen LogP contribution in [0.5, 0.6) is 0 Å². The molecule has 0 saturated heterocycles. The third-order valence-corrected chi connectivity index (χ3v) is 2.57.